The second-order valence-electron chi connectivity index (χ2n) is 10.9. The Balaban J connectivity index is 1.85. The smallest absolute Gasteiger partial charge is 0.416 e. The van der Waals surface area contributed by atoms with E-state index in [0.717, 1.165) is 17.7 Å². The molecule has 3 amide bonds. The molecule has 3 atom stereocenters. The van der Waals surface area contributed by atoms with Crippen LogP contribution >= 0.6 is 0 Å². The van der Waals surface area contributed by atoms with Crippen LogP contribution in [0.2, 0.25) is 0 Å². The third-order valence-electron chi connectivity index (χ3n) is 6.82. The zero-order valence-corrected chi connectivity index (χ0v) is 23.6. The molecule has 0 fully saturated rings. The van der Waals surface area contributed by atoms with Gasteiger partial charge in [-0.25, -0.2) is 4.79 Å². The molecule has 1 heterocycles. The van der Waals surface area contributed by atoms with Crippen molar-refractivity contribution in [3.63, 3.8) is 0 Å². The van der Waals surface area contributed by atoms with E-state index >= 15 is 0 Å². The second-order valence-corrected chi connectivity index (χ2v) is 10.9. The number of aliphatic hydroxyl groups excluding tert-OH is 1. The number of rotatable bonds is 8. The minimum Gasteiger partial charge on any atom is -0.488 e. The molecule has 0 saturated carbocycles. The largest absolute Gasteiger partial charge is 0.488 e. The van der Waals surface area contributed by atoms with Gasteiger partial charge in [0.25, 0.3) is 0 Å². The topological polar surface area (TPSA) is 94.1 Å². The quantitative estimate of drug-likeness (QED) is 0.439. The molecule has 1 aliphatic rings. The Morgan fingerprint density at radius 3 is 2.45 bits per heavy atom. The number of anilines is 1. The Kier molecular flexibility index (Phi) is 10.4. The van der Waals surface area contributed by atoms with Gasteiger partial charge in [-0.3, -0.25) is 9.69 Å². The lowest BCUT2D eigenvalue weighted by Gasteiger charge is -2.34. The lowest BCUT2D eigenvalue weighted by molar-refractivity contribution is -0.137. The van der Waals surface area contributed by atoms with Crippen LogP contribution in [0.4, 0.5) is 23.7 Å². The number of benzene rings is 2. The van der Waals surface area contributed by atoms with Crippen LogP contribution in [0.15, 0.2) is 42.5 Å². The fourth-order valence-corrected chi connectivity index (χ4v) is 4.64. The molecule has 2 aromatic carbocycles. The Hall–Kier alpha value is -3.31. The van der Waals surface area contributed by atoms with Gasteiger partial charge in [0.05, 0.1) is 24.6 Å². The van der Waals surface area contributed by atoms with Gasteiger partial charge in [0.15, 0.2) is 0 Å². The number of amides is 3. The van der Waals surface area contributed by atoms with Gasteiger partial charge in [-0.2, -0.15) is 13.2 Å². The van der Waals surface area contributed by atoms with Crippen molar-refractivity contribution in [1.82, 2.24) is 15.1 Å². The maximum absolute atomic E-state index is 13.3. The second kappa shape index (κ2) is 13.4. The normalized spacial score (nSPS) is 18.9. The summed E-state index contributed by atoms with van der Waals surface area (Å²) in [6.07, 6.45) is -4.73. The lowest BCUT2D eigenvalue weighted by atomic mass is 10.0. The standard InChI is InChI=1S/C29H39F3N4O4/c1-18(2)33-28(39)34-24-10-11-25-22(12-24)13-27(38)36(20(4)17-37)14-19(3)26(40-25)16-35(5)15-21-6-8-23(9-7-21)29(30,31)32/h6-12,18-20,26,37H,13-17H2,1-5H3,(H2,33,34,39)/t19-,20-,26+/m0/s1. The fourth-order valence-electron chi connectivity index (χ4n) is 4.64. The summed E-state index contributed by atoms with van der Waals surface area (Å²) in [6, 6.07) is 9.43. The molecule has 1 aliphatic heterocycles. The van der Waals surface area contributed by atoms with E-state index < -0.39 is 17.8 Å². The predicted octanol–water partition coefficient (Wildman–Crippen LogP) is 4.52. The van der Waals surface area contributed by atoms with E-state index in [1.807, 2.05) is 32.7 Å². The summed E-state index contributed by atoms with van der Waals surface area (Å²) in [4.78, 5) is 29.2. The predicted molar refractivity (Wildman–Crippen MR) is 147 cm³/mol. The highest BCUT2D eigenvalue weighted by molar-refractivity contribution is 5.90. The van der Waals surface area contributed by atoms with Gasteiger partial charge in [-0.05, 0) is 63.7 Å². The van der Waals surface area contributed by atoms with Gasteiger partial charge in [-0.15, -0.1) is 0 Å². The lowest BCUT2D eigenvalue weighted by Crippen LogP contribution is -2.47. The number of alkyl halides is 3. The van der Waals surface area contributed by atoms with Crippen molar-refractivity contribution in [1.29, 1.82) is 0 Å². The van der Waals surface area contributed by atoms with E-state index in [4.69, 9.17) is 4.74 Å². The summed E-state index contributed by atoms with van der Waals surface area (Å²) in [5, 5.41) is 15.4. The van der Waals surface area contributed by atoms with E-state index in [1.165, 1.54) is 12.1 Å². The van der Waals surface area contributed by atoms with Crippen molar-refractivity contribution in [3.8, 4) is 5.75 Å². The number of likely N-dealkylation sites (N-methyl/N-ethyl adjacent to an activating group) is 1. The van der Waals surface area contributed by atoms with Gasteiger partial charge in [0.1, 0.15) is 11.9 Å². The molecular formula is C29H39F3N4O4. The number of carbonyl (C=O) groups is 2. The summed E-state index contributed by atoms with van der Waals surface area (Å²) in [5.41, 5.74) is 1.15. The van der Waals surface area contributed by atoms with E-state index in [2.05, 4.69) is 10.6 Å². The Bertz CT molecular complexity index is 1160. The summed E-state index contributed by atoms with van der Waals surface area (Å²) in [5.74, 6) is 0.218. The molecule has 0 radical (unpaired) electrons. The number of ether oxygens (including phenoxy) is 1. The first kappa shape index (κ1) is 31.2. The monoisotopic (exact) mass is 564 g/mol. The Morgan fingerprint density at radius 1 is 1.18 bits per heavy atom. The molecule has 3 rings (SSSR count). The summed E-state index contributed by atoms with van der Waals surface area (Å²) in [6.45, 7) is 8.46. The van der Waals surface area contributed by atoms with Crippen LogP contribution in [0.25, 0.3) is 0 Å². The molecule has 0 saturated heterocycles. The molecule has 11 heteroatoms. The zero-order chi connectivity index (χ0) is 29.6. The SMILES string of the molecule is CC(C)NC(=O)Nc1ccc2c(c1)CC(=O)N([C@@H](C)CO)C[C@H](C)[C@@H](CN(C)Cc1ccc(C(F)(F)F)cc1)O2. The highest BCUT2D eigenvalue weighted by Gasteiger charge is 2.32. The van der Waals surface area contributed by atoms with Gasteiger partial charge in [0, 0.05) is 42.8 Å². The van der Waals surface area contributed by atoms with Crippen LogP contribution in [0.3, 0.4) is 0 Å². The first-order valence-electron chi connectivity index (χ1n) is 13.4. The molecule has 0 aromatic heterocycles. The van der Waals surface area contributed by atoms with Crippen LogP contribution in [0, 0.1) is 5.92 Å². The highest BCUT2D eigenvalue weighted by Crippen LogP contribution is 2.31. The molecule has 0 aliphatic carbocycles. The molecule has 220 valence electrons. The average molecular weight is 565 g/mol. The summed E-state index contributed by atoms with van der Waals surface area (Å²) in [7, 11) is 1.86. The van der Waals surface area contributed by atoms with E-state index in [9.17, 15) is 27.9 Å². The fraction of sp³-hybridized carbons (Fsp3) is 0.517. The van der Waals surface area contributed by atoms with Gasteiger partial charge < -0.3 is 25.4 Å². The summed E-state index contributed by atoms with van der Waals surface area (Å²) < 4.78 is 45.3. The Morgan fingerprint density at radius 2 is 1.85 bits per heavy atom. The number of carbonyl (C=O) groups excluding carboxylic acids is 2. The van der Waals surface area contributed by atoms with Crippen molar-refractivity contribution in [3.05, 3.63) is 59.2 Å². The van der Waals surface area contributed by atoms with Gasteiger partial charge in [-0.1, -0.05) is 19.1 Å². The number of aliphatic hydroxyl groups is 1. The number of hydrogen-bond acceptors (Lipinski definition) is 5. The van der Waals surface area contributed by atoms with Crippen molar-refractivity contribution in [2.75, 3.05) is 32.1 Å². The minimum absolute atomic E-state index is 0.0296. The number of halogens is 3. The van der Waals surface area contributed by atoms with Crippen molar-refractivity contribution < 1.29 is 32.6 Å². The molecule has 8 nitrogen and oxygen atoms in total. The number of nitrogens with one attached hydrogen (secondary N) is 2. The maximum atomic E-state index is 13.3. The molecular weight excluding hydrogens is 525 g/mol. The van der Waals surface area contributed by atoms with Crippen molar-refractivity contribution in [2.24, 2.45) is 5.92 Å². The first-order valence-corrected chi connectivity index (χ1v) is 13.4. The molecule has 3 N–H and O–H groups in total. The van der Waals surface area contributed by atoms with Crippen LogP contribution < -0.4 is 15.4 Å². The molecule has 0 unspecified atom stereocenters. The van der Waals surface area contributed by atoms with E-state index in [-0.39, 0.29) is 43.0 Å². The third kappa shape index (κ3) is 8.59. The molecule has 0 bridgehead atoms. The average Bonchev–Trinajstić information content (AvgIpc) is 2.90. The molecule has 0 spiro atoms. The van der Waals surface area contributed by atoms with Gasteiger partial charge in [0.2, 0.25) is 5.91 Å². The third-order valence-corrected chi connectivity index (χ3v) is 6.82. The van der Waals surface area contributed by atoms with Crippen LogP contribution in [-0.2, 0) is 23.9 Å². The minimum atomic E-state index is -4.39. The van der Waals surface area contributed by atoms with E-state index in [0.29, 0.717) is 36.6 Å². The maximum Gasteiger partial charge on any atom is 0.416 e. The van der Waals surface area contributed by atoms with Crippen molar-refractivity contribution >= 4 is 17.6 Å². The Labute approximate surface area is 233 Å². The zero-order valence-electron chi connectivity index (χ0n) is 23.6. The van der Waals surface area contributed by atoms with Crippen LogP contribution in [0.1, 0.15) is 44.4 Å². The highest BCUT2D eigenvalue weighted by atomic mass is 19.4. The van der Waals surface area contributed by atoms with Crippen molar-refractivity contribution in [2.45, 2.75) is 65.0 Å². The molecule has 40 heavy (non-hydrogen) atoms. The number of fused-ring (bicyclic) bond motifs is 1. The number of urea groups is 1. The molecule has 2 aromatic rings. The van der Waals surface area contributed by atoms with Crippen LogP contribution in [0.5, 0.6) is 5.75 Å². The first-order chi connectivity index (χ1) is 18.8. The summed E-state index contributed by atoms with van der Waals surface area (Å²) >= 11 is 0. The van der Waals surface area contributed by atoms with Gasteiger partial charge >= 0.3 is 12.2 Å². The number of nitrogens with zero attached hydrogens (tertiary/aromatic N) is 2. The van der Waals surface area contributed by atoms with E-state index in [1.54, 1.807) is 30.0 Å². The number of hydrogen-bond donors (Lipinski definition) is 3. The van der Waals surface area contributed by atoms with Crippen LogP contribution in [-0.4, -0.2) is 71.8 Å².